The Morgan fingerprint density at radius 1 is 1.50 bits per heavy atom. The van der Waals surface area contributed by atoms with Crippen LogP contribution in [0, 0.1) is 23.6 Å². The molecule has 0 radical (unpaired) electrons. The molecule has 1 rings (SSSR count). The molecule has 0 bridgehead atoms. The highest BCUT2D eigenvalue weighted by Gasteiger charge is 2.08. The maximum atomic E-state index is 13.6. The SMILES string of the molecule is CCC(C)CC(=O)NCc1cc(C#CCO)ccc1F. The van der Waals surface area contributed by atoms with E-state index < -0.39 is 0 Å². The van der Waals surface area contributed by atoms with Crippen molar-refractivity contribution in [3.8, 4) is 11.8 Å². The van der Waals surface area contributed by atoms with Gasteiger partial charge in [-0.05, 0) is 24.1 Å². The first-order chi connectivity index (χ1) is 9.56. The van der Waals surface area contributed by atoms with E-state index in [0.29, 0.717) is 23.5 Å². The zero-order chi connectivity index (χ0) is 15.0. The molecule has 0 saturated heterocycles. The quantitative estimate of drug-likeness (QED) is 0.811. The van der Waals surface area contributed by atoms with Crippen LogP contribution in [0.4, 0.5) is 4.39 Å². The predicted molar refractivity (Wildman–Crippen MR) is 76.3 cm³/mol. The van der Waals surface area contributed by atoms with E-state index in [1.165, 1.54) is 6.07 Å². The minimum absolute atomic E-state index is 0.0782. The third kappa shape index (κ3) is 5.41. The Kier molecular flexibility index (Phi) is 6.75. The minimum Gasteiger partial charge on any atom is -0.384 e. The monoisotopic (exact) mass is 277 g/mol. The fraction of sp³-hybridized carbons (Fsp3) is 0.438. The molecule has 2 N–H and O–H groups in total. The lowest BCUT2D eigenvalue weighted by atomic mass is 10.0. The average molecular weight is 277 g/mol. The van der Waals surface area contributed by atoms with E-state index in [4.69, 9.17) is 5.11 Å². The first-order valence-electron chi connectivity index (χ1n) is 6.71. The van der Waals surface area contributed by atoms with Gasteiger partial charge in [0.25, 0.3) is 0 Å². The van der Waals surface area contributed by atoms with Crippen LogP contribution in [0.15, 0.2) is 18.2 Å². The number of benzene rings is 1. The van der Waals surface area contributed by atoms with Crippen LogP contribution in [0.2, 0.25) is 0 Å². The molecule has 0 aliphatic rings. The number of nitrogens with one attached hydrogen (secondary N) is 1. The van der Waals surface area contributed by atoms with Crippen molar-refractivity contribution in [3.05, 3.63) is 35.1 Å². The van der Waals surface area contributed by atoms with E-state index in [-0.39, 0.29) is 24.9 Å². The fourth-order valence-corrected chi connectivity index (χ4v) is 1.66. The molecule has 1 amide bonds. The number of rotatable bonds is 5. The van der Waals surface area contributed by atoms with Gasteiger partial charge >= 0.3 is 0 Å². The van der Waals surface area contributed by atoms with E-state index in [1.54, 1.807) is 12.1 Å². The Morgan fingerprint density at radius 3 is 2.90 bits per heavy atom. The van der Waals surface area contributed by atoms with Crippen molar-refractivity contribution in [1.82, 2.24) is 5.32 Å². The van der Waals surface area contributed by atoms with Gasteiger partial charge in [-0.15, -0.1) is 0 Å². The number of aliphatic hydroxyl groups is 1. The van der Waals surface area contributed by atoms with Crippen molar-refractivity contribution in [1.29, 1.82) is 0 Å². The van der Waals surface area contributed by atoms with Crippen molar-refractivity contribution in [2.75, 3.05) is 6.61 Å². The third-order valence-electron chi connectivity index (χ3n) is 3.06. The van der Waals surface area contributed by atoms with Gasteiger partial charge < -0.3 is 10.4 Å². The lowest BCUT2D eigenvalue weighted by Crippen LogP contribution is -2.24. The van der Waals surface area contributed by atoms with Crippen LogP contribution >= 0.6 is 0 Å². The molecule has 0 spiro atoms. The highest BCUT2D eigenvalue weighted by molar-refractivity contribution is 5.76. The Morgan fingerprint density at radius 2 is 2.25 bits per heavy atom. The molecule has 20 heavy (non-hydrogen) atoms. The fourth-order valence-electron chi connectivity index (χ4n) is 1.66. The summed E-state index contributed by atoms with van der Waals surface area (Å²) in [6, 6.07) is 4.45. The van der Waals surface area contributed by atoms with Crippen molar-refractivity contribution < 1.29 is 14.3 Å². The lowest BCUT2D eigenvalue weighted by Gasteiger charge is -2.10. The molecule has 1 aromatic rings. The summed E-state index contributed by atoms with van der Waals surface area (Å²) in [5, 5.41) is 11.3. The van der Waals surface area contributed by atoms with Gasteiger partial charge in [-0.25, -0.2) is 4.39 Å². The normalized spacial score (nSPS) is 11.4. The van der Waals surface area contributed by atoms with Crippen LogP contribution in [0.25, 0.3) is 0 Å². The highest BCUT2D eigenvalue weighted by Crippen LogP contribution is 2.11. The van der Waals surface area contributed by atoms with E-state index in [1.807, 2.05) is 13.8 Å². The van der Waals surface area contributed by atoms with Crippen LogP contribution in [-0.2, 0) is 11.3 Å². The van der Waals surface area contributed by atoms with Crippen LogP contribution in [-0.4, -0.2) is 17.6 Å². The van der Waals surface area contributed by atoms with Crippen molar-refractivity contribution in [2.24, 2.45) is 5.92 Å². The van der Waals surface area contributed by atoms with Crippen molar-refractivity contribution in [2.45, 2.75) is 33.2 Å². The number of hydrogen-bond acceptors (Lipinski definition) is 2. The van der Waals surface area contributed by atoms with Gasteiger partial charge in [0.15, 0.2) is 0 Å². The molecule has 4 heteroatoms. The average Bonchev–Trinajstić information content (AvgIpc) is 2.44. The van der Waals surface area contributed by atoms with Crippen molar-refractivity contribution in [3.63, 3.8) is 0 Å². The summed E-state index contributed by atoms with van der Waals surface area (Å²) in [7, 11) is 0. The van der Waals surface area contributed by atoms with E-state index >= 15 is 0 Å². The largest absolute Gasteiger partial charge is 0.384 e. The number of carbonyl (C=O) groups is 1. The summed E-state index contributed by atoms with van der Waals surface area (Å²) in [5.74, 6) is 5.09. The molecule has 108 valence electrons. The molecule has 0 fully saturated rings. The standard InChI is InChI=1S/C16H20FNO2/c1-3-12(2)9-16(20)18-11-14-10-13(5-4-8-19)6-7-15(14)17/h6-7,10,12,19H,3,8-9,11H2,1-2H3,(H,18,20). The second kappa shape index (κ2) is 8.34. The summed E-state index contributed by atoms with van der Waals surface area (Å²) >= 11 is 0. The number of carbonyl (C=O) groups excluding carboxylic acids is 1. The first kappa shape index (κ1) is 16.2. The predicted octanol–water partition coefficient (Wildman–Crippen LogP) is 2.22. The second-order valence-corrected chi connectivity index (χ2v) is 4.76. The zero-order valence-electron chi connectivity index (χ0n) is 11.9. The molecule has 0 heterocycles. The molecular weight excluding hydrogens is 257 g/mol. The van der Waals surface area contributed by atoms with E-state index in [2.05, 4.69) is 17.2 Å². The Hall–Kier alpha value is -1.86. The Bertz CT molecular complexity index is 517. The van der Waals surface area contributed by atoms with Gasteiger partial charge in [-0.3, -0.25) is 4.79 Å². The highest BCUT2D eigenvalue weighted by atomic mass is 19.1. The van der Waals surface area contributed by atoms with Crippen LogP contribution in [0.1, 0.15) is 37.8 Å². The van der Waals surface area contributed by atoms with Gasteiger partial charge in [-0.1, -0.05) is 32.1 Å². The summed E-state index contributed by atoms with van der Waals surface area (Å²) in [6.45, 7) is 3.94. The molecule has 0 aromatic heterocycles. The Balaban J connectivity index is 2.65. The van der Waals surface area contributed by atoms with Gasteiger partial charge in [0, 0.05) is 24.1 Å². The minimum atomic E-state index is -0.372. The second-order valence-electron chi connectivity index (χ2n) is 4.76. The topological polar surface area (TPSA) is 49.3 Å². The number of aliphatic hydroxyl groups excluding tert-OH is 1. The van der Waals surface area contributed by atoms with Gasteiger partial charge in [-0.2, -0.15) is 0 Å². The molecule has 0 aliphatic carbocycles. The molecular formula is C16H20FNO2. The number of halogens is 1. The maximum absolute atomic E-state index is 13.6. The van der Waals surface area contributed by atoms with Gasteiger partial charge in [0.05, 0.1) is 0 Å². The summed E-state index contributed by atoms with van der Waals surface area (Å²) < 4.78 is 13.6. The zero-order valence-corrected chi connectivity index (χ0v) is 11.9. The smallest absolute Gasteiger partial charge is 0.220 e. The van der Waals surface area contributed by atoms with Gasteiger partial charge in [0.1, 0.15) is 12.4 Å². The number of hydrogen-bond donors (Lipinski definition) is 2. The van der Waals surface area contributed by atoms with E-state index in [9.17, 15) is 9.18 Å². The van der Waals surface area contributed by atoms with Gasteiger partial charge in [0.2, 0.25) is 5.91 Å². The van der Waals surface area contributed by atoms with Crippen LogP contribution < -0.4 is 5.32 Å². The summed E-state index contributed by atoms with van der Waals surface area (Å²) in [6.07, 6.45) is 1.39. The lowest BCUT2D eigenvalue weighted by molar-refractivity contribution is -0.122. The summed E-state index contributed by atoms with van der Waals surface area (Å²) in [4.78, 5) is 11.7. The molecule has 1 unspecified atom stereocenters. The first-order valence-corrected chi connectivity index (χ1v) is 6.71. The molecule has 3 nitrogen and oxygen atoms in total. The molecule has 0 aliphatic heterocycles. The van der Waals surface area contributed by atoms with Crippen LogP contribution in [0.3, 0.4) is 0 Å². The van der Waals surface area contributed by atoms with Crippen LogP contribution in [0.5, 0.6) is 0 Å². The molecule has 1 atom stereocenters. The van der Waals surface area contributed by atoms with Crippen molar-refractivity contribution >= 4 is 5.91 Å². The van der Waals surface area contributed by atoms with E-state index in [0.717, 1.165) is 6.42 Å². The summed E-state index contributed by atoms with van der Waals surface area (Å²) in [5.41, 5.74) is 1.01. The molecule has 0 saturated carbocycles. The third-order valence-corrected chi connectivity index (χ3v) is 3.06. The maximum Gasteiger partial charge on any atom is 0.220 e. The number of amides is 1. The Labute approximate surface area is 119 Å². The molecule has 1 aromatic carbocycles.